The minimum Gasteiger partial charge on any atom is -0.343 e. The summed E-state index contributed by atoms with van der Waals surface area (Å²) in [5.41, 5.74) is 5.49. The highest BCUT2D eigenvalue weighted by Crippen LogP contribution is 2.35. The largest absolute Gasteiger partial charge is 0.343 e. The van der Waals surface area contributed by atoms with E-state index in [0.717, 1.165) is 44.8 Å². The number of fused-ring (bicyclic) bond motifs is 1. The standard InChI is InChI=1S/C31H32N6O/c1-21-12-14-22(15-13-21)37-29(19-28(35-37)31(2,3)4)34-30(38)33-26-16-17-27(25-11-7-6-10-24(25)26)36(5)23-9-8-18-32-20-23/h6-20H,1-5H3,(H2,33,34,38). The van der Waals surface area contributed by atoms with Crippen molar-refractivity contribution >= 4 is 39.7 Å². The van der Waals surface area contributed by atoms with E-state index in [-0.39, 0.29) is 11.4 Å². The number of aryl methyl sites for hydroxylation is 1. The first kappa shape index (κ1) is 25.0. The average Bonchev–Trinajstić information content (AvgIpc) is 3.33. The van der Waals surface area contributed by atoms with Gasteiger partial charge in [-0.3, -0.25) is 10.3 Å². The first-order chi connectivity index (χ1) is 18.2. The molecular weight excluding hydrogens is 472 g/mol. The van der Waals surface area contributed by atoms with E-state index in [0.29, 0.717) is 5.82 Å². The molecule has 192 valence electrons. The number of amides is 2. The molecule has 0 unspecified atom stereocenters. The lowest BCUT2D eigenvalue weighted by atomic mass is 9.92. The number of carbonyl (C=O) groups excluding carboxylic acids is 1. The highest BCUT2D eigenvalue weighted by molar-refractivity contribution is 6.09. The van der Waals surface area contributed by atoms with E-state index in [1.54, 1.807) is 10.9 Å². The predicted molar refractivity (Wildman–Crippen MR) is 156 cm³/mol. The van der Waals surface area contributed by atoms with Crippen LogP contribution in [0.5, 0.6) is 0 Å². The van der Waals surface area contributed by atoms with Crippen LogP contribution in [0.2, 0.25) is 0 Å². The maximum Gasteiger partial charge on any atom is 0.324 e. The molecule has 5 rings (SSSR count). The number of nitrogens with one attached hydrogen (secondary N) is 2. The fourth-order valence-electron chi connectivity index (χ4n) is 4.37. The second kappa shape index (κ2) is 10.0. The molecule has 0 saturated heterocycles. The van der Waals surface area contributed by atoms with Crippen LogP contribution in [-0.2, 0) is 5.41 Å². The third-order valence-corrected chi connectivity index (χ3v) is 6.54. The molecule has 5 aromatic rings. The van der Waals surface area contributed by atoms with Crippen LogP contribution in [-0.4, -0.2) is 27.8 Å². The number of urea groups is 1. The maximum atomic E-state index is 13.3. The molecule has 7 nitrogen and oxygen atoms in total. The fraction of sp³-hybridized carbons (Fsp3) is 0.194. The zero-order valence-corrected chi connectivity index (χ0v) is 22.4. The molecule has 2 amide bonds. The molecule has 0 aliphatic heterocycles. The lowest BCUT2D eigenvalue weighted by Crippen LogP contribution is -2.21. The fourth-order valence-corrected chi connectivity index (χ4v) is 4.37. The topological polar surface area (TPSA) is 75.1 Å². The van der Waals surface area contributed by atoms with Crippen LogP contribution in [0.3, 0.4) is 0 Å². The van der Waals surface area contributed by atoms with E-state index >= 15 is 0 Å². The summed E-state index contributed by atoms with van der Waals surface area (Å²) < 4.78 is 1.78. The lowest BCUT2D eigenvalue weighted by molar-refractivity contribution is 0.262. The van der Waals surface area contributed by atoms with Crippen molar-refractivity contribution in [3.05, 3.63) is 103 Å². The van der Waals surface area contributed by atoms with Gasteiger partial charge in [0.05, 0.1) is 29.0 Å². The molecule has 2 aromatic heterocycles. The van der Waals surface area contributed by atoms with Gasteiger partial charge in [-0.25, -0.2) is 9.48 Å². The predicted octanol–water partition coefficient (Wildman–Crippen LogP) is 7.44. The molecule has 0 atom stereocenters. The van der Waals surface area contributed by atoms with Crippen molar-refractivity contribution in [3.63, 3.8) is 0 Å². The summed E-state index contributed by atoms with van der Waals surface area (Å²) in [6.07, 6.45) is 3.59. The summed E-state index contributed by atoms with van der Waals surface area (Å²) in [5, 5.41) is 12.9. The van der Waals surface area contributed by atoms with E-state index in [9.17, 15) is 4.79 Å². The zero-order valence-electron chi connectivity index (χ0n) is 22.4. The average molecular weight is 505 g/mol. The van der Waals surface area contributed by atoms with Crippen LogP contribution in [0.15, 0.2) is 91.3 Å². The van der Waals surface area contributed by atoms with Crippen LogP contribution in [0.25, 0.3) is 16.5 Å². The van der Waals surface area contributed by atoms with Crippen LogP contribution < -0.4 is 15.5 Å². The highest BCUT2D eigenvalue weighted by atomic mass is 16.2. The van der Waals surface area contributed by atoms with Crippen molar-refractivity contribution in [2.75, 3.05) is 22.6 Å². The summed E-state index contributed by atoms with van der Waals surface area (Å²) in [6.45, 7) is 8.36. The molecule has 3 aromatic carbocycles. The minimum absolute atomic E-state index is 0.171. The summed E-state index contributed by atoms with van der Waals surface area (Å²) in [6, 6.07) is 25.6. The summed E-state index contributed by atoms with van der Waals surface area (Å²) in [4.78, 5) is 19.6. The number of hydrogen-bond donors (Lipinski definition) is 2. The van der Waals surface area contributed by atoms with Crippen LogP contribution in [0.1, 0.15) is 32.0 Å². The second-order valence-electron chi connectivity index (χ2n) is 10.4. The van der Waals surface area contributed by atoms with Gasteiger partial charge in [0.25, 0.3) is 0 Å². The molecule has 0 aliphatic carbocycles. The van der Waals surface area contributed by atoms with Gasteiger partial charge in [0.2, 0.25) is 0 Å². The Morgan fingerprint density at radius 3 is 2.32 bits per heavy atom. The summed E-state index contributed by atoms with van der Waals surface area (Å²) >= 11 is 0. The van der Waals surface area contributed by atoms with Gasteiger partial charge in [-0.1, -0.05) is 62.7 Å². The number of anilines is 4. The summed E-state index contributed by atoms with van der Waals surface area (Å²) in [5.74, 6) is 0.605. The van der Waals surface area contributed by atoms with E-state index in [4.69, 9.17) is 5.10 Å². The van der Waals surface area contributed by atoms with Crippen molar-refractivity contribution in [2.45, 2.75) is 33.1 Å². The Hall–Kier alpha value is -4.65. The Kier molecular flexibility index (Phi) is 6.59. The first-order valence-corrected chi connectivity index (χ1v) is 12.6. The van der Waals surface area contributed by atoms with Gasteiger partial charge in [-0.15, -0.1) is 0 Å². The number of nitrogens with zero attached hydrogens (tertiary/aromatic N) is 4. The molecule has 0 aliphatic rings. The van der Waals surface area contributed by atoms with Gasteiger partial charge in [-0.05, 0) is 43.3 Å². The van der Waals surface area contributed by atoms with Gasteiger partial charge in [-0.2, -0.15) is 5.10 Å². The number of rotatable bonds is 5. The second-order valence-corrected chi connectivity index (χ2v) is 10.4. The highest BCUT2D eigenvalue weighted by Gasteiger charge is 2.22. The molecule has 0 radical (unpaired) electrons. The number of hydrogen-bond acceptors (Lipinski definition) is 4. The molecule has 38 heavy (non-hydrogen) atoms. The van der Waals surface area contributed by atoms with Crippen molar-refractivity contribution in [3.8, 4) is 5.69 Å². The Labute approximate surface area is 223 Å². The lowest BCUT2D eigenvalue weighted by Gasteiger charge is -2.22. The molecular formula is C31H32N6O. The Morgan fingerprint density at radius 1 is 0.895 bits per heavy atom. The Bertz CT molecular complexity index is 1580. The molecule has 0 spiro atoms. The molecule has 0 fully saturated rings. The van der Waals surface area contributed by atoms with Crippen molar-refractivity contribution in [1.82, 2.24) is 14.8 Å². The molecule has 2 heterocycles. The SMILES string of the molecule is Cc1ccc(-n2nc(C(C)(C)C)cc2NC(=O)Nc2ccc(N(C)c3cccnc3)c3ccccc23)cc1. The van der Waals surface area contributed by atoms with Crippen molar-refractivity contribution in [2.24, 2.45) is 0 Å². The van der Waals surface area contributed by atoms with Crippen LogP contribution in [0, 0.1) is 6.92 Å². The minimum atomic E-state index is -0.336. The van der Waals surface area contributed by atoms with E-state index in [1.807, 2.05) is 93.0 Å². The Balaban J connectivity index is 1.45. The van der Waals surface area contributed by atoms with Crippen molar-refractivity contribution < 1.29 is 4.79 Å². The zero-order chi connectivity index (χ0) is 26.9. The molecule has 7 heteroatoms. The normalized spacial score (nSPS) is 11.4. The van der Waals surface area contributed by atoms with Crippen LogP contribution in [0.4, 0.5) is 27.7 Å². The number of aromatic nitrogens is 3. The molecule has 0 saturated carbocycles. The first-order valence-electron chi connectivity index (χ1n) is 12.6. The van der Waals surface area contributed by atoms with Gasteiger partial charge >= 0.3 is 6.03 Å². The van der Waals surface area contributed by atoms with Gasteiger partial charge in [0, 0.05) is 41.2 Å². The number of benzene rings is 3. The van der Waals surface area contributed by atoms with Gasteiger partial charge in [0.1, 0.15) is 5.82 Å². The quantitative estimate of drug-likeness (QED) is 0.261. The third-order valence-electron chi connectivity index (χ3n) is 6.54. The monoisotopic (exact) mass is 504 g/mol. The van der Waals surface area contributed by atoms with E-state index in [2.05, 4.69) is 47.4 Å². The van der Waals surface area contributed by atoms with Crippen molar-refractivity contribution in [1.29, 1.82) is 0 Å². The molecule has 2 N–H and O–H groups in total. The van der Waals surface area contributed by atoms with E-state index in [1.165, 1.54) is 0 Å². The Morgan fingerprint density at radius 2 is 1.63 bits per heavy atom. The van der Waals surface area contributed by atoms with E-state index < -0.39 is 0 Å². The van der Waals surface area contributed by atoms with Gasteiger partial charge in [0.15, 0.2) is 0 Å². The third kappa shape index (κ3) is 5.09. The summed E-state index contributed by atoms with van der Waals surface area (Å²) in [7, 11) is 2.01. The van der Waals surface area contributed by atoms with Gasteiger partial charge < -0.3 is 10.2 Å². The smallest absolute Gasteiger partial charge is 0.324 e. The van der Waals surface area contributed by atoms with Crippen LogP contribution >= 0.6 is 0 Å². The number of pyridine rings is 1. The number of carbonyl (C=O) groups is 1. The maximum absolute atomic E-state index is 13.3. The molecule has 0 bridgehead atoms.